The van der Waals surface area contributed by atoms with Gasteiger partial charge in [-0.3, -0.25) is 14.6 Å². The van der Waals surface area contributed by atoms with E-state index in [0.717, 1.165) is 57.9 Å². The molecule has 4 rings (SSSR count). The highest BCUT2D eigenvalue weighted by atomic mass is 32.2. The first-order chi connectivity index (χ1) is 13.0. The van der Waals surface area contributed by atoms with Gasteiger partial charge < -0.3 is 4.90 Å². The van der Waals surface area contributed by atoms with E-state index in [4.69, 9.17) is 0 Å². The topological polar surface area (TPSA) is 60.9 Å². The van der Waals surface area contributed by atoms with Crippen LogP contribution < -0.4 is 0 Å². The molecule has 7 heteroatoms. The Morgan fingerprint density at radius 2 is 1.48 bits per heavy atom. The lowest BCUT2D eigenvalue weighted by Gasteiger charge is -2.40. The molecular formula is C20H35N3O3S. The van der Waals surface area contributed by atoms with Crippen molar-refractivity contribution in [1.29, 1.82) is 0 Å². The van der Waals surface area contributed by atoms with Gasteiger partial charge in [0, 0.05) is 44.3 Å². The molecule has 1 amide bonds. The Morgan fingerprint density at radius 1 is 0.852 bits per heavy atom. The van der Waals surface area contributed by atoms with Crippen molar-refractivity contribution in [2.45, 2.75) is 75.9 Å². The highest BCUT2D eigenvalue weighted by Crippen LogP contribution is 2.29. The van der Waals surface area contributed by atoms with Crippen molar-refractivity contribution < 1.29 is 13.2 Å². The van der Waals surface area contributed by atoms with E-state index in [0.29, 0.717) is 13.0 Å². The van der Waals surface area contributed by atoms with E-state index >= 15 is 0 Å². The number of sulfone groups is 1. The molecule has 0 N–H and O–H groups in total. The van der Waals surface area contributed by atoms with Crippen LogP contribution in [0.15, 0.2) is 0 Å². The highest BCUT2D eigenvalue weighted by molar-refractivity contribution is 7.91. The third-order valence-corrected chi connectivity index (χ3v) is 8.97. The van der Waals surface area contributed by atoms with Crippen LogP contribution in [0.25, 0.3) is 0 Å². The molecule has 2 aliphatic heterocycles. The fourth-order valence-electron chi connectivity index (χ4n) is 5.71. The van der Waals surface area contributed by atoms with E-state index in [2.05, 4.69) is 9.80 Å². The van der Waals surface area contributed by atoms with Crippen LogP contribution in [0, 0.1) is 0 Å². The van der Waals surface area contributed by atoms with Gasteiger partial charge in [-0.15, -0.1) is 0 Å². The lowest BCUT2D eigenvalue weighted by Crippen LogP contribution is -2.55. The quantitative estimate of drug-likeness (QED) is 0.704. The van der Waals surface area contributed by atoms with E-state index < -0.39 is 9.84 Å². The van der Waals surface area contributed by atoms with Crippen LogP contribution in [0.5, 0.6) is 0 Å². The minimum absolute atomic E-state index is 0.0922. The largest absolute Gasteiger partial charge is 0.335 e. The van der Waals surface area contributed by atoms with Crippen LogP contribution in [-0.4, -0.2) is 91.4 Å². The van der Waals surface area contributed by atoms with Crippen LogP contribution in [0.3, 0.4) is 0 Å². The zero-order chi connectivity index (χ0) is 18.9. The Labute approximate surface area is 164 Å². The summed E-state index contributed by atoms with van der Waals surface area (Å²) in [5.41, 5.74) is 0. The number of carbonyl (C=O) groups excluding carboxylic acids is 1. The summed E-state index contributed by atoms with van der Waals surface area (Å²) in [5.74, 6) is 0.581. The molecule has 2 saturated carbocycles. The summed E-state index contributed by atoms with van der Waals surface area (Å²) in [5, 5.41) is 0. The minimum atomic E-state index is -2.97. The van der Waals surface area contributed by atoms with Gasteiger partial charge in [0.25, 0.3) is 0 Å². The second-order valence-electron chi connectivity index (χ2n) is 9.05. The molecule has 4 fully saturated rings. The second kappa shape index (κ2) is 8.37. The molecule has 2 heterocycles. The van der Waals surface area contributed by atoms with Crippen molar-refractivity contribution in [2.75, 3.05) is 44.2 Å². The Bertz CT molecular complexity index is 618. The van der Waals surface area contributed by atoms with Crippen LogP contribution >= 0.6 is 0 Å². The van der Waals surface area contributed by atoms with Crippen LogP contribution in [-0.2, 0) is 14.6 Å². The Hall–Kier alpha value is -0.660. The SMILES string of the molecule is O=C(CN1CCN(C2CCCC2)CC1)N(C1CCCC1)C1CCS(=O)(=O)C1. The van der Waals surface area contributed by atoms with Gasteiger partial charge in [-0.05, 0) is 32.1 Å². The zero-order valence-electron chi connectivity index (χ0n) is 16.5. The van der Waals surface area contributed by atoms with E-state index in [-0.39, 0.29) is 29.5 Å². The molecule has 0 aromatic heterocycles. The molecular weight excluding hydrogens is 362 g/mol. The standard InChI is InChI=1S/C20H35N3O3S/c24-20(15-21-10-12-22(13-11-21)17-5-1-2-6-17)23(18-7-3-4-8-18)19-9-14-27(25,26)16-19/h17-19H,1-16H2. The molecule has 1 unspecified atom stereocenters. The second-order valence-corrected chi connectivity index (χ2v) is 11.3. The Balaban J connectivity index is 1.34. The predicted octanol–water partition coefficient (Wildman–Crippen LogP) is 1.50. The maximum absolute atomic E-state index is 13.2. The lowest BCUT2D eigenvalue weighted by atomic mass is 10.1. The average Bonchev–Trinajstić information content (AvgIpc) is 3.38. The average molecular weight is 398 g/mol. The maximum atomic E-state index is 13.2. The van der Waals surface area contributed by atoms with Gasteiger partial charge in [-0.1, -0.05) is 25.7 Å². The summed E-state index contributed by atoms with van der Waals surface area (Å²) >= 11 is 0. The molecule has 6 nitrogen and oxygen atoms in total. The number of rotatable bonds is 5. The van der Waals surface area contributed by atoms with Gasteiger partial charge >= 0.3 is 0 Å². The van der Waals surface area contributed by atoms with Crippen molar-refractivity contribution in [1.82, 2.24) is 14.7 Å². The molecule has 27 heavy (non-hydrogen) atoms. The Morgan fingerprint density at radius 3 is 2.07 bits per heavy atom. The predicted molar refractivity (Wildman–Crippen MR) is 106 cm³/mol. The Kier molecular flexibility index (Phi) is 6.09. The summed E-state index contributed by atoms with van der Waals surface area (Å²) in [4.78, 5) is 20.1. The van der Waals surface area contributed by atoms with E-state index in [1.54, 1.807) is 0 Å². The molecule has 2 aliphatic carbocycles. The van der Waals surface area contributed by atoms with Crippen molar-refractivity contribution in [3.63, 3.8) is 0 Å². The molecule has 0 bridgehead atoms. The normalized spacial score (nSPS) is 30.9. The molecule has 0 spiro atoms. The van der Waals surface area contributed by atoms with Crippen molar-refractivity contribution in [2.24, 2.45) is 0 Å². The van der Waals surface area contributed by atoms with Crippen molar-refractivity contribution in [3.05, 3.63) is 0 Å². The summed E-state index contributed by atoms with van der Waals surface area (Å²) in [7, 11) is -2.97. The molecule has 0 aromatic carbocycles. The van der Waals surface area contributed by atoms with Gasteiger partial charge in [-0.2, -0.15) is 0 Å². The zero-order valence-corrected chi connectivity index (χ0v) is 17.3. The molecule has 4 aliphatic rings. The van der Waals surface area contributed by atoms with Crippen LogP contribution in [0.2, 0.25) is 0 Å². The van der Waals surface area contributed by atoms with Gasteiger partial charge in [0.15, 0.2) is 9.84 Å². The first-order valence-corrected chi connectivity index (χ1v) is 12.8. The molecule has 1 atom stereocenters. The third-order valence-electron chi connectivity index (χ3n) is 7.21. The first-order valence-electron chi connectivity index (χ1n) is 11.0. The van der Waals surface area contributed by atoms with Crippen molar-refractivity contribution >= 4 is 15.7 Å². The summed E-state index contributed by atoms with van der Waals surface area (Å²) in [6.45, 7) is 4.53. The van der Waals surface area contributed by atoms with Gasteiger partial charge in [0.2, 0.25) is 5.91 Å². The number of hydrogen-bond acceptors (Lipinski definition) is 5. The van der Waals surface area contributed by atoms with E-state index in [1.165, 1.54) is 25.7 Å². The summed E-state index contributed by atoms with van der Waals surface area (Å²) < 4.78 is 24.0. The highest BCUT2D eigenvalue weighted by Gasteiger charge is 2.39. The van der Waals surface area contributed by atoms with Crippen LogP contribution in [0.1, 0.15) is 57.8 Å². The molecule has 2 saturated heterocycles. The number of carbonyl (C=O) groups is 1. The number of piperazine rings is 1. The third kappa shape index (κ3) is 4.67. The fourth-order valence-corrected chi connectivity index (χ4v) is 7.42. The van der Waals surface area contributed by atoms with Crippen molar-refractivity contribution in [3.8, 4) is 0 Å². The lowest BCUT2D eigenvalue weighted by molar-refractivity contribution is -0.137. The molecule has 154 valence electrons. The van der Waals surface area contributed by atoms with Gasteiger partial charge in [0.1, 0.15) is 0 Å². The molecule has 0 aromatic rings. The smallest absolute Gasteiger partial charge is 0.237 e. The first kappa shape index (κ1) is 19.6. The fraction of sp³-hybridized carbons (Fsp3) is 0.950. The van der Waals surface area contributed by atoms with Gasteiger partial charge in [-0.25, -0.2) is 8.42 Å². The van der Waals surface area contributed by atoms with Crippen LogP contribution in [0.4, 0.5) is 0 Å². The van der Waals surface area contributed by atoms with Gasteiger partial charge in [0.05, 0.1) is 18.1 Å². The monoisotopic (exact) mass is 397 g/mol. The summed E-state index contributed by atoms with van der Waals surface area (Å²) in [6, 6.07) is 0.933. The van der Waals surface area contributed by atoms with E-state index in [9.17, 15) is 13.2 Å². The molecule has 0 radical (unpaired) electrons. The minimum Gasteiger partial charge on any atom is -0.335 e. The number of nitrogens with zero attached hydrogens (tertiary/aromatic N) is 3. The van der Waals surface area contributed by atoms with E-state index in [1.807, 2.05) is 4.90 Å². The number of hydrogen-bond donors (Lipinski definition) is 0. The summed E-state index contributed by atoms with van der Waals surface area (Å²) in [6.07, 6.45) is 10.4. The maximum Gasteiger partial charge on any atom is 0.237 e. The number of amides is 1.